The van der Waals surface area contributed by atoms with Gasteiger partial charge in [-0.2, -0.15) is 71.8 Å². The van der Waals surface area contributed by atoms with E-state index in [0.717, 1.165) is 92.7 Å². The Bertz CT molecular complexity index is 2310. The Balaban J connectivity index is 0.00000420. The molecule has 0 saturated heterocycles. The molecule has 2 unspecified atom stereocenters. The van der Waals surface area contributed by atoms with Crippen molar-refractivity contribution < 1.29 is 24.5 Å². The summed E-state index contributed by atoms with van der Waals surface area (Å²) >= 11 is 0. The molecule has 0 radical (unpaired) electrons. The van der Waals surface area contributed by atoms with Crippen LogP contribution in [0.3, 0.4) is 0 Å². The van der Waals surface area contributed by atoms with E-state index in [9.17, 15) is 0 Å². The Morgan fingerprint density at radius 2 is 1.23 bits per heavy atom. The van der Waals surface area contributed by atoms with Gasteiger partial charge in [0.1, 0.15) is 5.58 Å². The number of nitrogens with zero attached hydrogens (tertiary/aromatic N) is 3. The van der Waals surface area contributed by atoms with E-state index >= 15 is 0 Å². The number of hydrogen-bond acceptors (Lipinski definition) is 4. The van der Waals surface area contributed by atoms with E-state index in [0.29, 0.717) is 0 Å². The van der Waals surface area contributed by atoms with Crippen LogP contribution < -0.4 is 0 Å². The number of fused-ring (bicyclic) bond motifs is 3. The van der Waals surface area contributed by atoms with Gasteiger partial charge in [0.25, 0.3) is 0 Å². The molecule has 0 aliphatic rings. The summed E-state index contributed by atoms with van der Waals surface area (Å²) in [4.78, 5) is 14.8. The van der Waals surface area contributed by atoms with Gasteiger partial charge in [0.05, 0.1) is 5.58 Å². The van der Waals surface area contributed by atoms with Crippen molar-refractivity contribution >= 4 is 21.9 Å². The van der Waals surface area contributed by atoms with Gasteiger partial charge in [0.15, 0.2) is 0 Å². The van der Waals surface area contributed by atoms with Crippen LogP contribution in [0.25, 0.3) is 33.2 Å². The van der Waals surface area contributed by atoms with Crippen molar-refractivity contribution in [2.75, 3.05) is 0 Å². The van der Waals surface area contributed by atoms with E-state index in [2.05, 4.69) is 117 Å². The minimum atomic E-state index is -0.335. The Kier molecular flexibility index (Phi) is 10.3. The Hall–Kier alpha value is -5.22. The normalized spacial score (nSPS) is 13.7. The monoisotopic (exact) mass is 853 g/mol. The molecule has 0 bridgehead atoms. The molecular weight excluding hydrogens is 815 g/mol. The molecule has 0 saturated carbocycles. The van der Waals surface area contributed by atoms with Crippen molar-refractivity contribution in [3.05, 3.63) is 198 Å². The predicted molar refractivity (Wildman–Crippen MR) is 204 cm³/mol. The van der Waals surface area contributed by atoms with Crippen molar-refractivity contribution in [1.29, 1.82) is 0 Å². The van der Waals surface area contributed by atoms with Gasteiger partial charge in [-0.1, -0.05) is 67.3 Å². The van der Waals surface area contributed by atoms with E-state index < -0.39 is 0 Å². The first-order valence-electron chi connectivity index (χ1n) is 17.6. The third kappa shape index (κ3) is 6.87. The van der Waals surface area contributed by atoms with E-state index in [1.54, 1.807) is 0 Å². The van der Waals surface area contributed by atoms with Gasteiger partial charge in [0.2, 0.25) is 0 Å². The second-order valence-corrected chi connectivity index (χ2v) is 13.7. The van der Waals surface area contributed by atoms with E-state index in [4.69, 9.17) is 19.4 Å². The zero-order chi connectivity index (χ0) is 34.7. The summed E-state index contributed by atoms with van der Waals surface area (Å²) in [6.07, 6.45) is 6.95. The maximum Gasteiger partial charge on any atom is 3.00 e. The standard InChI is InChI=1S/C47H38N3O.Ir/c1-46(35-16-5-3-6-17-35,43-24-11-13-30-48-43)28-26-34-32-39-38-21-9-10-23-42(38)51-45(39)40(33-34)41-22-15-20-37(50-41)27-29-47(2,36-18-7-4-8-19-36)44-25-12-14-31-49-44;/h3-16,18,20-25,30-32H,26-29H2,1-2H3;/q-3;+3. The molecule has 4 aromatic carbocycles. The maximum atomic E-state index is 6.55. The average Bonchev–Trinajstić information content (AvgIpc) is 3.59. The fourth-order valence-corrected chi connectivity index (χ4v) is 7.31. The minimum Gasteiger partial charge on any atom is -0.501 e. The largest absolute Gasteiger partial charge is 3.00 e. The van der Waals surface area contributed by atoms with Gasteiger partial charge in [0, 0.05) is 45.7 Å². The third-order valence-electron chi connectivity index (χ3n) is 10.4. The quantitative estimate of drug-likeness (QED) is 0.122. The van der Waals surface area contributed by atoms with Gasteiger partial charge >= 0.3 is 20.1 Å². The molecule has 52 heavy (non-hydrogen) atoms. The fraction of sp³-hybridized carbons (Fsp3) is 0.170. The molecular formula is C47H38IrN3O. The van der Waals surface area contributed by atoms with Crippen LogP contribution in [0.1, 0.15) is 60.5 Å². The summed E-state index contributed by atoms with van der Waals surface area (Å²) in [5.74, 6) is 0. The molecule has 8 rings (SSSR count). The number of rotatable bonds is 11. The van der Waals surface area contributed by atoms with Gasteiger partial charge in [-0.05, 0) is 67.8 Å². The van der Waals surface area contributed by atoms with Crippen molar-refractivity contribution in [1.82, 2.24) is 15.0 Å². The maximum absolute atomic E-state index is 6.55. The van der Waals surface area contributed by atoms with Crippen LogP contribution in [0.15, 0.2) is 150 Å². The van der Waals surface area contributed by atoms with Crippen LogP contribution in [-0.4, -0.2) is 15.0 Å². The molecule has 0 spiro atoms. The SMILES string of the molecule is CC(CCc1[c-]c(-c2cccc(CCC(C)(c3[c-]cccc3)c3ccccn3)n2)c2oc3ccccc3c2c1)(c1[c-]cccc1)c1ccccn1.[Ir+3]. The summed E-state index contributed by atoms with van der Waals surface area (Å²) < 4.78 is 6.55. The van der Waals surface area contributed by atoms with Crippen LogP contribution in [0.2, 0.25) is 0 Å². The van der Waals surface area contributed by atoms with Crippen LogP contribution in [0.4, 0.5) is 0 Å². The number of benzene rings is 4. The first-order valence-corrected chi connectivity index (χ1v) is 17.6. The van der Waals surface area contributed by atoms with Crippen LogP contribution in [0, 0.1) is 18.2 Å². The second-order valence-electron chi connectivity index (χ2n) is 13.7. The Labute approximate surface area is 319 Å². The minimum absolute atomic E-state index is 0. The number of hydrogen-bond donors (Lipinski definition) is 0. The molecule has 256 valence electrons. The Morgan fingerprint density at radius 3 is 1.85 bits per heavy atom. The molecule has 5 heteroatoms. The fourth-order valence-electron chi connectivity index (χ4n) is 7.31. The first-order chi connectivity index (χ1) is 25.0. The van der Waals surface area contributed by atoms with E-state index in [1.165, 1.54) is 0 Å². The number of aromatic nitrogens is 3. The second kappa shape index (κ2) is 15.2. The van der Waals surface area contributed by atoms with Crippen molar-refractivity contribution in [2.45, 2.75) is 50.4 Å². The topological polar surface area (TPSA) is 51.8 Å². The Morgan fingerprint density at radius 1 is 0.615 bits per heavy atom. The first kappa shape index (κ1) is 35.2. The summed E-state index contributed by atoms with van der Waals surface area (Å²) in [6, 6.07) is 56.3. The molecule has 2 atom stereocenters. The number of pyridine rings is 3. The summed E-state index contributed by atoms with van der Waals surface area (Å²) in [6.45, 7) is 4.52. The van der Waals surface area contributed by atoms with Crippen LogP contribution in [0.5, 0.6) is 0 Å². The summed E-state index contributed by atoms with van der Waals surface area (Å²) in [7, 11) is 0. The van der Waals surface area contributed by atoms with E-state index in [1.807, 2.05) is 60.9 Å². The van der Waals surface area contributed by atoms with Crippen LogP contribution >= 0.6 is 0 Å². The molecule has 0 amide bonds. The molecule has 4 aromatic heterocycles. The van der Waals surface area contributed by atoms with Gasteiger partial charge in [-0.15, -0.1) is 17.7 Å². The van der Waals surface area contributed by atoms with Crippen LogP contribution in [-0.2, 0) is 43.8 Å². The molecule has 8 aromatic rings. The molecule has 0 fully saturated rings. The van der Waals surface area contributed by atoms with Crippen molar-refractivity contribution in [3.8, 4) is 11.3 Å². The molecule has 4 nitrogen and oxygen atoms in total. The number of aryl methyl sites for hydroxylation is 2. The number of furan rings is 1. The molecule has 0 aliphatic carbocycles. The predicted octanol–water partition coefficient (Wildman–Crippen LogP) is 10.7. The summed E-state index contributed by atoms with van der Waals surface area (Å²) in [5, 5.41) is 2.17. The van der Waals surface area contributed by atoms with Gasteiger partial charge in [-0.3, -0.25) is 9.97 Å². The molecule has 0 aliphatic heterocycles. The zero-order valence-electron chi connectivity index (χ0n) is 29.3. The summed E-state index contributed by atoms with van der Waals surface area (Å²) in [5.41, 5.74) is 9.17. The number of para-hydroxylation sites is 1. The van der Waals surface area contributed by atoms with E-state index in [-0.39, 0.29) is 30.9 Å². The van der Waals surface area contributed by atoms with Crippen molar-refractivity contribution in [2.24, 2.45) is 0 Å². The van der Waals surface area contributed by atoms with Gasteiger partial charge in [-0.25, -0.2) is 0 Å². The zero-order valence-corrected chi connectivity index (χ0v) is 31.7. The van der Waals surface area contributed by atoms with Gasteiger partial charge < -0.3 is 9.40 Å². The smallest absolute Gasteiger partial charge is 0.501 e. The average molecular weight is 853 g/mol. The molecule has 4 heterocycles. The van der Waals surface area contributed by atoms with Crippen molar-refractivity contribution in [3.63, 3.8) is 0 Å². The third-order valence-corrected chi connectivity index (χ3v) is 10.4. The molecule has 0 N–H and O–H groups in total.